The topological polar surface area (TPSA) is 57.8 Å². The fourth-order valence-corrected chi connectivity index (χ4v) is 3.77. The average molecular weight is 546 g/mol. The highest BCUT2D eigenvalue weighted by Gasteiger charge is 2.14. The van der Waals surface area contributed by atoms with Crippen molar-refractivity contribution in [2.24, 2.45) is 0 Å². The van der Waals surface area contributed by atoms with Crippen molar-refractivity contribution in [3.8, 4) is 11.8 Å². The molecule has 1 aromatic heterocycles. The van der Waals surface area contributed by atoms with Gasteiger partial charge < -0.3 is 9.88 Å². The van der Waals surface area contributed by atoms with Gasteiger partial charge in [0.2, 0.25) is 0 Å². The Labute approximate surface area is 186 Å². The Morgan fingerprint density at radius 1 is 1.18 bits per heavy atom. The fraction of sp³-hybridized carbons (Fsp3) is 0.0909. The first-order valence-electron chi connectivity index (χ1n) is 8.52. The van der Waals surface area contributed by atoms with Gasteiger partial charge in [0.15, 0.2) is 0 Å². The van der Waals surface area contributed by atoms with E-state index in [0.717, 1.165) is 30.7 Å². The number of carbonyl (C=O) groups is 1. The Kier molecular flexibility index (Phi) is 6.37. The Morgan fingerprint density at radius 2 is 1.89 bits per heavy atom. The van der Waals surface area contributed by atoms with E-state index in [4.69, 9.17) is 0 Å². The van der Waals surface area contributed by atoms with Gasteiger partial charge in [0.05, 0.1) is 0 Å². The van der Waals surface area contributed by atoms with Crippen LogP contribution >= 0.6 is 38.5 Å². The third-order valence-corrected chi connectivity index (χ3v) is 5.50. The van der Waals surface area contributed by atoms with Gasteiger partial charge in [0, 0.05) is 30.8 Å². The molecule has 0 unspecified atom stereocenters. The molecule has 0 radical (unpaired) electrons. The third kappa shape index (κ3) is 4.54. The highest BCUT2D eigenvalue weighted by atomic mass is 127. The summed E-state index contributed by atoms with van der Waals surface area (Å²) in [6.45, 7) is 4.00. The summed E-state index contributed by atoms with van der Waals surface area (Å²) >= 11 is 5.65. The predicted molar refractivity (Wildman–Crippen MR) is 124 cm³/mol. The van der Waals surface area contributed by atoms with E-state index in [1.807, 2.05) is 56.3 Å². The minimum atomic E-state index is -0.427. The summed E-state index contributed by atoms with van der Waals surface area (Å²) < 4.78 is 4.19. The first-order valence-corrected chi connectivity index (χ1v) is 10.4. The van der Waals surface area contributed by atoms with Crippen molar-refractivity contribution in [1.29, 1.82) is 5.26 Å². The van der Waals surface area contributed by atoms with E-state index >= 15 is 0 Å². The maximum absolute atomic E-state index is 12.5. The maximum Gasteiger partial charge on any atom is 0.266 e. The lowest BCUT2D eigenvalue weighted by Crippen LogP contribution is -2.13. The minimum absolute atomic E-state index is 0.0609. The zero-order chi connectivity index (χ0) is 20.3. The molecule has 140 valence electrons. The van der Waals surface area contributed by atoms with Crippen LogP contribution in [-0.4, -0.2) is 10.5 Å². The third-order valence-electron chi connectivity index (χ3n) is 4.30. The standard InChI is InChI=1S/C22H17BrIN3O/c1-14-10-16(15(2)27(14)21-5-3-4-19(24)12-21)11-17(13-25)22(28)26-20-8-6-18(23)7-9-20/h3-12H,1-2H3,(H,26,28)/b17-11-. The molecule has 0 aliphatic rings. The number of aromatic nitrogens is 1. The summed E-state index contributed by atoms with van der Waals surface area (Å²) in [5, 5.41) is 12.3. The van der Waals surface area contributed by atoms with Crippen LogP contribution < -0.4 is 5.32 Å². The molecule has 1 amide bonds. The van der Waals surface area contributed by atoms with Crippen LogP contribution in [0.5, 0.6) is 0 Å². The maximum atomic E-state index is 12.5. The van der Waals surface area contributed by atoms with Crippen molar-refractivity contribution in [2.45, 2.75) is 13.8 Å². The van der Waals surface area contributed by atoms with Gasteiger partial charge in [-0.1, -0.05) is 22.0 Å². The lowest BCUT2D eigenvalue weighted by molar-refractivity contribution is -0.112. The van der Waals surface area contributed by atoms with Gasteiger partial charge in [-0.05, 0) is 96.6 Å². The monoisotopic (exact) mass is 545 g/mol. The van der Waals surface area contributed by atoms with Crippen LogP contribution in [0.15, 0.2) is 64.6 Å². The number of amides is 1. The molecular weight excluding hydrogens is 529 g/mol. The molecule has 0 spiro atoms. The molecule has 3 aromatic rings. The number of benzene rings is 2. The summed E-state index contributed by atoms with van der Waals surface area (Å²) in [7, 11) is 0. The Morgan fingerprint density at radius 3 is 2.54 bits per heavy atom. The van der Waals surface area contributed by atoms with Crippen molar-refractivity contribution in [1.82, 2.24) is 4.57 Å². The van der Waals surface area contributed by atoms with Crippen LogP contribution in [0.2, 0.25) is 0 Å². The summed E-state index contributed by atoms with van der Waals surface area (Å²) in [6.07, 6.45) is 1.64. The SMILES string of the molecule is Cc1cc(/C=C(/C#N)C(=O)Nc2ccc(Br)cc2)c(C)n1-c1cccc(I)c1. The molecule has 0 bridgehead atoms. The van der Waals surface area contributed by atoms with Crippen LogP contribution in [0.1, 0.15) is 17.0 Å². The summed E-state index contributed by atoms with van der Waals surface area (Å²) in [6, 6.07) is 19.4. The highest BCUT2D eigenvalue weighted by Crippen LogP contribution is 2.24. The second-order valence-corrected chi connectivity index (χ2v) is 8.43. The van der Waals surface area contributed by atoms with E-state index in [9.17, 15) is 10.1 Å². The first kappa shape index (κ1) is 20.4. The Balaban J connectivity index is 1.93. The summed E-state index contributed by atoms with van der Waals surface area (Å²) in [4.78, 5) is 12.5. The van der Waals surface area contributed by atoms with Crippen LogP contribution in [0.25, 0.3) is 11.8 Å². The van der Waals surface area contributed by atoms with Gasteiger partial charge in [0.25, 0.3) is 5.91 Å². The molecule has 0 atom stereocenters. The fourth-order valence-electron chi connectivity index (χ4n) is 2.98. The second-order valence-electron chi connectivity index (χ2n) is 6.27. The second kappa shape index (κ2) is 8.76. The van der Waals surface area contributed by atoms with E-state index in [0.29, 0.717) is 5.69 Å². The molecule has 28 heavy (non-hydrogen) atoms. The van der Waals surface area contributed by atoms with Crippen LogP contribution in [0.4, 0.5) is 5.69 Å². The van der Waals surface area contributed by atoms with Gasteiger partial charge in [-0.2, -0.15) is 5.26 Å². The van der Waals surface area contributed by atoms with E-state index in [2.05, 4.69) is 54.5 Å². The van der Waals surface area contributed by atoms with Gasteiger partial charge >= 0.3 is 0 Å². The quantitative estimate of drug-likeness (QED) is 0.248. The van der Waals surface area contributed by atoms with Crippen LogP contribution in [-0.2, 0) is 4.79 Å². The molecule has 1 N–H and O–H groups in total. The normalized spacial score (nSPS) is 11.2. The molecule has 0 saturated heterocycles. The smallest absolute Gasteiger partial charge is 0.266 e. The molecule has 6 heteroatoms. The van der Waals surface area contributed by atoms with E-state index < -0.39 is 5.91 Å². The average Bonchev–Trinajstić information content (AvgIpc) is 2.94. The predicted octanol–water partition coefficient (Wildman–Crippen LogP) is 6.01. The molecule has 4 nitrogen and oxygen atoms in total. The van der Waals surface area contributed by atoms with Gasteiger partial charge in [-0.25, -0.2) is 0 Å². The van der Waals surface area contributed by atoms with E-state index in [-0.39, 0.29) is 5.57 Å². The summed E-state index contributed by atoms with van der Waals surface area (Å²) in [5.74, 6) is -0.427. The van der Waals surface area contributed by atoms with Gasteiger partial charge in [-0.3, -0.25) is 4.79 Å². The molecular formula is C22H17BrIN3O. The number of nitrogens with one attached hydrogen (secondary N) is 1. The van der Waals surface area contributed by atoms with E-state index in [1.54, 1.807) is 18.2 Å². The first-order chi connectivity index (χ1) is 13.4. The number of anilines is 1. The number of hydrogen-bond acceptors (Lipinski definition) is 2. The van der Waals surface area contributed by atoms with Crippen molar-refractivity contribution >= 4 is 56.2 Å². The largest absolute Gasteiger partial charge is 0.321 e. The molecule has 0 fully saturated rings. The van der Waals surface area contributed by atoms with Crippen LogP contribution in [0, 0.1) is 28.7 Å². The number of rotatable bonds is 4. The molecule has 3 rings (SSSR count). The van der Waals surface area contributed by atoms with Crippen molar-refractivity contribution < 1.29 is 4.79 Å². The van der Waals surface area contributed by atoms with Gasteiger partial charge in [-0.15, -0.1) is 0 Å². The van der Waals surface area contributed by atoms with Crippen molar-refractivity contribution in [3.05, 3.63) is 85.2 Å². The zero-order valence-corrected chi connectivity index (χ0v) is 19.1. The zero-order valence-electron chi connectivity index (χ0n) is 15.3. The van der Waals surface area contributed by atoms with Gasteiger partial charge in [0.1, 0.15) is 11.6 Å². The number of nitriles is 1. The number of hydrogen-bond donors (Lipinski definition) is 1. The molecule has 2 aromatic carbocycles. The number of carbonyl (C=O) groups excluding carboxylic acids is 1. The lowest BCUT2D eigenvalue weighted by atomic mass is 10.1. The Bertz CT molecular complexity index is 1110. The van der Waals surface area contributed by atoms with Crippen molar-refractivity contribution in [2.75, 3.05) is 5.32 Å². The number of nitrogens with zero attached hydrogens (tertiary/aromatic N) is 2. The lowest BCUT2D eigenvalue weighted by Gasteiger charge is -2.10. The highest BCUT2D eigenvalue weighted by molar-refractivity contribution is 14.1. The van der Waals surface area contributed by atoms with Crippen LogP contribution in [0.3, 0.4) is 0 Å². The number of aryl methyl sites for hydroxylation is 1. The molecule has 0 saturated carbocycles. The van der Waals surface area contributed by atoms with E-state index in [1.165, 1.54) is 0 Å². The Hall–Kier alpha value is -2.37. The van der Waals surface area contributed by atoms with Crippen molar-refractivity contribution in [3.63, 3.8) is 0 Å². The number of halogens is 2. The molecule has 0 aliphatic heterocycles. The molecule has 1 heterocycles. The summed E-state index contributed by atoms with van der Waals surface area (Å²) in [5.41, 5.74) is 4.61. The minimum Gasteiger partial charge on any atom is -0.321 e. The molecule has 0 aliphatic carbocycles.